The maximum atomic E-state index is 14.0. The Balaban J connectivity index is 2.74. The molecule has 0 aliphatic rings. The topological polar surface area (TPSA) is 39.2 Å². The molecule has 0 aliphatic heterocycles. The average Bonchev–Trinajstić information content (AvgIpc) is 2.48. The van der Waals surface area contributed by atoms with Crippen molar-refractivity contribution in [3.8, 4) is 16.9 Å². The normalized spacial score (nSPS) is 10.5. The van der Waals surface area contributed by atoms with Gasteiger partial charge in [-0.25, -0.2) is 9.37 Å². The number of ether oxygens (including phenoxy) is 1. The molecule has 1 aromatic heterocycles. The summed E-state index contributed by atoms with van der Waals surface area (Å²) in [6, 6.07) is 4.59. The first-order chi connectivity index (χ1) is 9.97. The van der Waals surface area contributed by atoms with Gasteiger partial charge in [0.2, 0.25) is 0 Å². The summed E-state index contributed by atoms with van der Waals surface area (Å²) in [5.74, 6) is -0.261. The van der Waals surface area contributed by atoms with E-state index in [1.807, 2.05) is 0 Å². The molecule has 0 bridgehead atoms. The lowest BCUT2D eigenvalue weighted by Gasteiger charge is -2.13. The number of Topliss-reactive ketones (excluding diaryl/α,β-unsaturated/α-hetero) is 1. The van der Waals surface area contributed by atoms with Crippen LogP contribution in [0.4, 0.5) is 4.39 Å². The highest BCUT2D eigenvalue weighted by Crippen LogP contribution is 2.36. The molecule has 0 amide bonds. The molecule has 0 unspecified atom stereocenters. The molecule has 0 fully saturated rings. The molecule has 0 saturated carbocycles. The number of rotatable bonds is 4. The van der Waals surface area contributed by atoms with Crippen LogP contribution in [0.25, 0.3) is 11.1 Å². The second-order valence-electron chi connectivity index (χ2n) is 4.30. The van der Waals surface area contributed by atoms with E-state index in [-0.39, 0.29) is 11.3 Å². The van der Waals surface area contributed by atoms with Crippen molar-refractivity contribution in [1.82, 2.24) is 4.98 Å². The van der Waals surface area contributed by atoms with Crippen molar-refractivity contribution >= 4 is 33.3 Å². The Morgan fingerprint density at radius 1 is 1.38 bits per heavy atom. The molecule has 3 nitrogen and oxygen atoms in total. The van der Waals surface area contributed by atoms with Crippen LogP contribution < -0.4 is 4.74 Å². The Labute approximate surface area is 135 Å². The Bertz CT molecular complexity index is 706. The van der Waals surface area contributed by atoms with Gasteiger partial charge in [0.15, 0.2) is 5.78 Å². The summed E-state index contributed by atoms with van der Waals surface area (Å²) in [6.45, 7) is 1.74. The molecule has 0 aliphatic carbocycles. The first-order valence-corrected chi connectivity index (χ1v) is 7.37. The van der Waals surface area contributed by atoms with Crippen LogP contribution in [-0.4, -0.2) is 17.9 Å². The minimum absolute atomic E-state index is 0.118. The largest absolute Gasteiger partial charge is 0.495 e. The Hall–Kier alpha value is -1.46. The quantitative estimate of drug-likeness (QED) is 0.566. The zero-order chi connectivity index (χ0) is 15.6. The van der Waals surface area contributed by atoms with E-state index in [4.69, 9.17) is 16.3 Å². The number of pyridine rings is 1. The molecule has 0 atom stereocenters. The number of halogens is 3. The number of aromatic nitrogens is 1. The maximum Gasteiger partial charge on any atom is 0.163 e. The van der Waals surface area contributed by atoms with E-state index in [0.29, 0.717) is 32.9 Å². The van der Waals surface area contributed by atoms with Crippen LogP contribution >= 0.6 is 27.5 Å². The molecule has 21 heavy (non-hydrogen) atoms. The van der Waals surface area contributed by atoms with Gasteiger partial charge in [0.05, 0.1) is 18.3 Å². The summed E-state index contributed by atoms with van der Waals surface area (Å²) in [5.41, 5.74) is 1.06. The van der Waals surface area contributed by atoms with E-state index >= 15 is 0 Å². The van der Waals surface area contributed by atoms with Gasteiger partial charge >= 0.3 is 0 Å². The van der Waals surface area contributed by atoms with Gasteiger partial charge in [0.25, 0.3) is 0 Å². The molecule has 6 heteroatoms. The number of hydrogen-bond donors (Lipinski definition) is 0. The zero-order valence-corrected chi connectivity index (χ0v) is 13.8. The summed E-state index contributed by atoms with van der Waals surface area (Å²) < 4.78 is 19.6. The third kappa shape index (κ3) is 3.24. The van der Waals surface area contributed by atoms with Crippen LogP contribution in [-0.2, 0) is 0 Å². The number of carbonyl (C=O) groups excluding carboxylic acids is 1. The average molecular weight is 373 g/mol. The number of benzene rings is 1. The van der Waals surface area contributed by atoms with Crippen molar-refractivity contribution in [2.45, 2.75) is 13.3 Å². The molecule has 1 heterocycles. The van der Waals surface area contributed by atoms with Gasteiger partial charge in [-0.15, -0.1) is 0 Å². The number of methoxy groups -OCH3 is 1. The van der Waals surface area contributed by atoms with Gasteiger partial charge in [-0.2, -0.15) is 0 Å². The first-order valence-electron chi connectivity index (χ1n) is 6.20. The summed E-state index contributed by atoms with van der Waals surface area (Å²) in [4.78, 5) is 15.9. The monoisotopic (exact) mass is 371 g/mol. The summed E-state index contributed by atoms with van der Waals surface area (Å²) in [6.07, 6.45) is 1.39. The fraction of sp³-hybridized carbons (Fsp3) is 0.200. The molecule has 2 rings (SSSR count). The third-order valence-corrected chi connectivity index (χ3v) is 3.75. The molecular formula is C15H12BrClFNO2. The van der Waals surface area contributed by atoms with Crippen molar-refractivity contribution < 1.29 is 13.9 Å². The van der Waals surface area contributed by atoms with Crippen molar-refractivity contribution in [1.29, 1.82) is 0 Å². The van der Waals surface area contributed by atoms with Crippen LogP contribution in [0.2, 0.25) is 5.02 Å². The molecular weight excluding hydrogens is 361 g/mol. The standard InChI is InChI=1S/C15H12BrClFNO2/c1-3-13(20)10-5-14(21-2)11(17)4-8(10)9-6-15(16)19-7-12(9)18/h4-7H,3H2,1-2H3. The molecule has 110 valence electrons. The van der Waals surface area contributed by atoms with E-state index in [0.717, 1.165) is 6.20 Å². The molecule has 0 radical (unpaired) electrons. The number of nitrogens with zero attached hydrogens (tertiary/aromatic N) is 1. The summed E-state index contributed by atoms with van der Waals surface area (Å²) >= 11 is 9.30. The molecule has 2 aromatic rings. The second kappa shape index (κ2) is 6.54. The van der Waals surface area contributed by atoms with Crippen molar-refractivity contribution in [3.63, 3.8) is 0 Å². The zero-order valence-electron chi connectivity index (χ0n) is 11.4. The predicted octanol–water partition coefficient (Wildman–Crippen LogP) is 4.90. The number of carbonyl (C=O) groups is 1. The maximum absolute atomic E-state index is 14.0. The van der Waals surface area contributed by atoms with Crippen LogP contribution in [0.1, 0.15) is 23.7 Å². The molecule has 1 aromatic carbocycles. The smallest absolute Gasteiger partial charge is 0.163 e. The van der Waals surface area contributed by atoms with E-state index in [1.54, 1.807) is 6.92 Å². The van der Waals surface area contributed by atoms with Crippen LogP contribution in [0.15, 0.2) is 29.0 Å². The van der Waals surface area contributed by atoms with Gasteiger partial charge in [-0.3, -0.25) is 4.79 Å². The van der Waals surface area contributed by atoms with E-state index in [9.17, 15) is 9.18 Å². The van der Waals surface area contributed by atoms with Gasteiger partial charge in [-0.05, 0) is 39.7 Å². The first kappa shape index (κ1) is 15.9. The highest BCUT2D eigenvalue weighted by molar-refractivity contribution is 9.10. The SMILES string of the molecule is CCC(=O)c1cc(OC)c(Cl)cc1-c1cc(Br)ncc1F. The van der Waals surface area contributed by atoms with Crippen LogP contribution in [0.3, 0.4) is 0 Å². The highest BCUT2D eigenvalue weighted by atomic mass is 79.9. The van der Waals surface area contributed by atoms with Gasteiger partial charge < -0.3 is 4.74 Å². The van der Waals surface area contributed by atoms with Crippen LogP contribution in [0.5, 0.6) is 5.75 Å². The minimum Gasteiger partial charge on any atom is -0.495 e. The second-order valence-corrected chi connectivity index (χ2v) is 5.52. The van der Waals surface area contributed by atoms with Crippen LogP contribution in [0, 0.1) is 5.82 Å². The number of ketones is 1. The third-order valence-electron chi connectivity index (χ3n) is 3.03. The van der Waals surface area contributed by atoms with Gasteiger partial charge in [-0.1, -0.05) is 18.5 Å². The predicted molar refractivity (Wildman–Crippen MR) is 83.5 cm³/mol. The van der Waals surface area contributed by atoms with Crippen molar-refractivity contribution in [3.05, 3.63) is 45.4 Å². The summed E-state index contributed by atoms with van der Waals surface area (Å²) in [7, 11) is 1.46. The highest BCUT2D eigenvalue weighted by Gasteiger charge is 2.18. The summed E-state index contributed by atoms with van der Waals surface area (Å²) in [5, 5.41) is 0.312. The Morgan fingerprint density at radius 2 is 2.10 bits per heavy atom. The Kier molecular flexibility index (Phi) is 4.96. The lowest BCUT2D eigenvalue weighted by molar-refractivity contribution is 0.0988. The Morgan fingerprint density at radius 3 is 2.71 bits per heavy atom. The van der Waals surface area contributed by atoms with E-state index in [1.165, 1.54) is 25.3 Å². The van der Waals surface area contributed by atoms with E-state index in [2.05, 4.69) is 20.9 Å². The fourth-order valence-corrected chi connectivity index (χ4v) is 2.55. The fourth-order valence-electron chi connectivity index (χ4n) is 1.97. The van der Waals surface area contributed by atoms with Crippen molar-refractivity contribution in [2.24, 2.45) is 0 Å². The lowest BCUT2D eigenvalue weighted by Crippen LogP contribution is -2.02. The van der Waals surface area contributed by atoms with Gasteiger partial charge in [0.1, 0.15) is 16.2 Å². The lowest BCUT2D eigenvalue weighted by atomic mass is 9.96. The molecule has 0 N–H and O–H groups in total. The minimum atomic E-state index is -0.524. The van der Waals surface area contributed by atoms with Gasteiger partial charge in [0, 0.05) is 17.5 Å². The van der Waals surface area contributed by atoms with E-state index < -0.39 is 5.82 Å². The molecule has 0 saturated heterocycles. The molecule has 0 spiro atoms. The number of hydrogen-bond acceptors (Lipinski definition) is 3. The van der Waals surface area contributed by atoms with Crippen molar-refractivity contribution in [2.75, 3.05) is 7.11 Å².